The number of thiophene rings is 1. The molecule has 0 unspecified atom stereocenters. The second kappa shape index (κ2) is 8.03. The van der Waals surface area contributed by atoms with Gasteiger partial charge >= 0.3 is 5.97 Å². The Balaban J connectivity index is 1.71. The van der Waals surface area contributed by atoms with Gasteiger partial charge in [0, 0.05) is 6.04 Å². The van der Waals surface area contributed by atoms with E-state index in [1.54, 1.807) is 20.8 Å². The fourth-order valence-corrected chi connectivity index (χ4v) is 4.91. The average molecular weight is 406 g/mol. The van der Waals surface area contributed by atoms with Crippen molar-refractivity contribution >= 4 is 33.4 Å². The number of nitrogens with zero attached hydrogens (tertiary/aromatic N) is 1. The Hall–Kier alpha value is -2.22. The second-order valence-electron chi connectivity index (χ2n) is 7.82. The van der Waals surface area contributed by atoms with Crippen LogP contribution in [0.15, 0.2) is 4.79 Å². The number of hydrogen-bond donors (Lipinski definition) is 2. The molecule has 1 amide bonds. The molecule has 0 radical (unpaired) electrons. The van der Waals surface area contributed by atoms with Gasteiger partial charge in [-0.15, -0.1) is 11.3 Å². The number of H-pyrrole nitrogens is 1. The molecule has 0 aromatic carbocycles. The smallest absolute Gasteiger partial charge is 0.349 e. The summed E-state index contributed by atoms with van der Waals surface area (Å²) in [6, 6.07) is 0.106. The topological polar surface area (TPSA) is 101 Å². The lowest BCUT2D eigenvalue weighted by Gasteiger charge is -2.35. The molecular weight excluding hydrogens is 378 g/mol. The van der Waals surface area contributed by atoms with Gasteiger partial charge in [-0.3, -0.25) is 9.59 Å². The lowest BCUT2D eigenvalue weighted by Crippen LogP contribution is -2.47. The predicted molar refractivity (Wildman–Crippen MR) is 109 cm³/mol. The molecule has 7 nitrogen and oxygen atoms in total. The van der Waals surface area contributed by atoms with E-state index < -0.39 is 12.1 Å². The molecule has 2 aromatic rings. The molecule has 0 spiro atoms. The normalized spacial score (nSPS) is 23.4. The van der Waals surface area contributed by atoms with Crippen molar-refractivity contribution in [2.75, 3.05) is 0 Å². The number of nitrogens with one attached hydrogen (secondary N) is 2. The Labute approximate surface area is 167 Å². The number of hydrogen-bond acceptors (Lipinski definition) is 6. The van der Waals surface area contributed by atoms with Gasteiger partial charge in [0.25, 0.3) is 11.5 Å². The summed E-state index contributed by atoms with van der Waals surface area (Å²) in [6.07, 6.45) is 2.30. The number of esters is 1. The van der Waals surface area contributed by atoms with Gasteiger partial charge in [0.2, 0.25) is 0 Å². The predicted octanol–water partition coefficient (Wildman–Crippen LogP) is 3.09. The molecule has 2 aromatic heterocycles. The summed E-state index contributed by atoms with van der Waals surface area (Å²) in [6.45, 7) is 9.31. The van der Waals surface area contributed by atoms with Crippen molar-refractivity contribution in [2.45, 2.75) is 66.0 Å². The third-order valence-electron chi connectivity index (χ3n) is 5.79. The van der Waals surface area contributed by atoms with Crippen LogP contribution in [0.5, 0.6) is 0 Å². The fraction of sp³-hybridized carbons (Fsp3) is 0.600. The van der Waals surface area contributed by atoms with E-state index in [9.17, 15) is 14.4 Å². The fourth-order valence-electron chi connectivity index (χ4n) is 3.80. The van der Waals surface area contributed by atoms with E-state index >= 15 is 0 Å². The molecule has 0 aliphatic heterocycles. The number of fused-ring (bicyclic) bond motifs is 1. The summed E-state index contributed by atoms with van der Waals surface area (Å²) >= 11 is 1.11. The second-order valence-corrected chi connectivity index (χ2v) is 8.82. The number of aromatic amines is 1. The van der Waals surface area contributed by atoms with Crippen molar-refractivity contribution in [1.29, 1.82) is 0 Å². The summed E-state index contributed by atoms with van der Waals surface area (Å²) in [4.78, 5) is 45.0. The average Bonchev–Trinajstić information content (AvgIpc) is 2.95. The van der Waals surface area contributed by atoms with Gasteiger partial charge in [0.05, 0.1) is 5.39 Å². The highest BCUT2D eigenvalue weighted by Gasteiger charge is 2.30. The van der Waals surface area contributed by atoms with Crippen molar-refractivity contribution in [3.8, 4) is 0 Å². The third kappa shape index (κ3) is 3.97. The van der Waals surface area contributed by atoms with Crippen LogP contribution in [0.4, 0.5) is 0 Å². The molecule has 1 fully saturated rings. The van der Waals surface area contributed by atoms with Crippen LogP contribution in [-0.2, 0) is 9.53 Å². The number of rotatable bonds is 4. The van der Waals surface area contributed by atoms with E-state index in [0.717, 1.165) is 24.2 Å². The molecular formula is C20H27N3O4S. The lowest BCUT2D eigenvalue weighted by atomic mass is 9.78. The molecule has 3 rings (SSSR count). The van der Waals surface area contributed by atoms with Crippen LogP contribution in [0, 0.1) is 25.7 Å². The summed E-state index contributed by atoms with van der Waals surface area (Å²) < 4.78 is 5.40. The first-order valence-electron chi connectivity index (χ1n) is 9.70. The van der Waals surface area contributed by atoms with E-state index in [0.29, 0.717) is 38.3 Å². The number of carbonyl (C=O) groups excluding carboxylic acids is 2. The van der Waals surface area contributed by atoms with Crippen LogP contribution in [0.25, 0.3) is 10.2 Å². The zero-order chi connectivity index (χ0) is 20.6. The van der Waals surface area contributed by atoms with Crippen LogP contribution in [0.3, 0.4) is 0 Å². The minimum absolute atomic E-state index is 0.106. The van der Waals surface area contributed by atoms with Gasteiger partial charge in [0.15, 0.2) is 6.10 Å². The van der Waals surface area contributed by atoms with E-state index in [1.165, 1.54) is 6.42 Å². The molecule has 1 aliphatic carbocycles. The first-order chi connectivity index (χ1) is 13.2. The van der Waals surface area contributed by atoms with E-state index in [4.69, 9.17) is 4.74 Å². The van der Waals surface area contributed by atoms with Gasteiger partial charge in [-0.05, 0) is 44.6 Å². The van der Waals surface area contributed by atoms with Gasteiger partial charge in [0.1, 0.15) is 15.5 Å². The summed E-state index contributed by atoms with van der Waals surface area (Å²) in [5, 5.41) is 3.43. The molecule has 0 bridgehead atoms. The van der Waals surface area contributed by atoms with Crippen molar-refractivity contribution in [2.24, 2.45) is 11.8 Å². The van der Waals surface area contributed by atoms with Crippen molar-refractivity contribution in [1.82, 2.24) is 15.3 Å². The van der Waals surface area contributed by atoms with Gasteiger partial charge in [-0.25, -0.2) is 9.78 Å². The lowest BCUT2D eigenvalue weighted by molar-refractivity contribution is -0.130. The molecule has 1 aliphatic rings. The first kappa shape index (κ1) is 20.5. The molecule has 1 saturated carbocycles. The van der Waals surface area contributed by atoms with E-state index in [2.05, 4.69) is 29.1 Å². The van der Waals surface area contributed by atoms with Gasteiger partial charge in [-0.2, -0.15) is 0 Å². The van der Waals surface area contributed by atoms with Crippen molar-refractivity contribution in [3.63, 3.8) is 0 Å². The Morgan fingerprint density at radius 3 is 2.71 bits per heavy atom. The van der Waals surface area contributed by atoms with Crippen LogP contribution in [0.2, 0.25) is 0 Å². The Morgan fingerprint density at radius 2 is 2.00 bits per heavy atom. The quantitative estimate of drug-likeness (QED) is 0.761. The molecule has 8 heteroatoms. The Bertz CT molecular complexity index is 964. The van der Waals surface area contributed by atoms with Crippen LogP contribution in [-0.4, -0.2) is 34.0 Å². The number of ether oxygens (including phenoxy) is 1. The number of aromatic nitrogens is 2. The minimum atomic E-state index is -0.908. The van der Waals surface area contributed by atoms with Crippen LogP contribution in [0.1, 0.15) is 61.1 Å². The largest absolute Gasteiger partial charge is 0.448 e. The monoisotopic (exact) mass is 405 g/mol. The molecule has 2 heterocycles. The Kier molecular flexibility index (Phi) is 5.88. The third-order valence-corrected chi connectivity index (χ3v) is 6.96. The molecule has 0 saturated heterocycles. The first-order valence-corrected chi connectivity index (χ1v) is 10.5. The maximum atomic E-state index is 12.6. The number of amides is 1. The zero-order valence-electron chi connectivity index (χ0n) is 16.9. The van der Waals surface area contributed by atoms with Gasteiger partial charge in [-0.1, -0.05) is 26.7 Å². The van der Waals surface area contributed by atoms with Crippen LogP contribution >= 0.6 is 11.3 Å². The highest BCUT2D eigenvalue weighted by atomic mass is 32.1. The maximum absolute atomic E-state index is 12.6. The molecule has 152 valence electrons. The molecule has 2 N–H and O–H groups in total. The SMILES string of the molecule is Cc1nc2sc(C(=O)O[C@H](C)C(=O)N[C@@H]3CCC[C@@H](C)[C@H]3C)c(C)c2c(=O)[nH]1. The summed E-state index contributed by atoms with van der Waals surface area (Å²) in [5.74, 6) is 0.552. The highest BCUT2D eigenvalue weighted by molar-refractivity contribution is 7.20. The highest BCUT2D eigenvalue weighted by Crippen LogP contribution is 2.30. The van der Waals surface area contributed by atoms with E-state index in [-0.39, 0.29) is 17.5 Å². The maximum Gasteiger partial charge on any atom is 0.349 e. The Morgan fingerprint density at radius 1 is 1.29 bits per heavy atom. The number of aryl methyl sites for hydroxylation is 2. The molecule has 4 atom stereocenters. The van der Waals surface area contributed by atoms with Crippen LogP contribution < -0.4 is 10.9 Å². The number of carbonyl (C=O) groups is 2. The summed E-state index contributed by atoms with van der Waals surface area (Å²) in [7, 11) is 0. The van der Waals surface area contributed by atoms with Crippen molar-refractivity contribution in [3.05, 3.63) is 26.6 Å². The summed E-state index contributed by atoms with van der Waals surface area (Å²) in [5.41, 5.74) is 0.252. The standard InChI is InChI=1S/C20H27N3O4S/c1-9-7-6-8-14(10(9)2)23-17(24)12(4)27-20(26)16-11(3)15-18(25)21-13(5)22-19(15)28-16/h9-10,12,14H,6-8H2,1-5H3,(H,23,24)(H,21,22,25)/t9-,10-,12-,14-/m1/s1. The van der Waals surface area contributed by atoms with E-state index in [1.807, 2.05) is 0 Å². The minimum Gasteiger partial charge on any atom is -0.448 e. The molecule has 28 heavy (non-hydrogen) atoms. The zero-order valence-corrected chi connectivity index (χ0v) is 17.7. The van der Waals surface area contributed by atoms with Crippen molar-refractivity contribution < 1.29 is 14.3 Å². The van der Waals surface area contributed by atoms with Gasteiger partial charge < -0.3 is 15.0 Å².